The van der Waals surface area contributed by atoms with Crippen LogP contribution in [0.3, 0.4) is 0 Å². The number of nitrogens with one attached hydrogen (secondary N) is 1. The average molecular weight is 524 g/mol. The molecule has 38 heavy (non-hydrogen) atoms. The maximum Gasteiger partial charge on any atom is 0.318 e. The van der Waals surface area contributed by atoms with Crippen LogP contribution in [0.25, 0.3) is 0 Å². The number of benzene rings is 2. The van der Waals surface area contributed by atoms with E-state index in [0.717, 1.165) is 35.5 Å². The van der Waals surface area contributed by atoms with E-state index in [-0.39, 0.29) is 36.4 Å². The molecule has 1 saturated heterocycles. The Morgan fingerprint density at radius 3 is 2.47 bits per heavy atom. The maximum atomic E-state index is 13.7. The van der Waals surface area contributed by atoms with Crippen LogP contribution in [0.15, 0.2) is 47.6 Å². The minimum Gasteiger partial charge on any atom is -0.379 e. The molecule has 8 nitrogen and oxygen atoms in total. The number of hydrogen-bond donors (Lipinski definition) is 1. The van der Waals surface area contributed by atoms with Crippen LogP contribution in [-0.4, -0.2) is 84.4 Å². The zero-order valence-electron chi connectivity index (χ0n) is 22.7. The van der Waals surface area contributed by atoms with Crippen LogP contribution in [0.5, 0.6) is 0 Å². The second kappa shape index (κ2) is 12.5. The van der Waals surface area contributed by atoms with Gasteiger partial charge in [-0.2, -0.15) is 5.10 Å². The van der Waals surface area contributed by atoms with E-state index in [2.05, 4.69) is 23.2 Å². The van der Waals surface area contributed by atoms with Crippen LogP contribution in [0, 0.1) is 19.7 Å². The van der Waals surface area contributed by atoms with Gasteiger partial charge in [-0.3, -0.25) is 9.69 Å². The summed E-state index contributed by atoms with van der Waals surface area (Å²) in [4.78, 5) is 30.6. The number of morpholine rings is 1. The number of aryl methyl sites for hydroxylation is 2. The van der Waals surface area contributed by atoms with Crippen molar-refractivity contribution in [3.8, 4) is 0 Å². The topological polar surface area (TPSA) is 77.5 Å². The van der Waals surface area contributed by atoms with E-state index in [4.69, 9.17) is 9.84 Å². The molecule has 0 aliphatic carbocycles. The number of ether oxygens (including phenoxy) is 1. The van der Waals surface area contributed by atoms with Crippen LogP contribution >= 0.6 is 0 Å². The Morgan fingerprint density at radius 2 is 1.82 bits per heavy atom. The number of nitrogens with zero attached hydrogens (tertiary/aromatic N) is 4. The molecule has 204 valence electrons. The lowest BCUT2D eigenvalue weighted by Crippen LogP contribution is -2.50. The number of hydrogen-bond acceptors (Lipinski definition) is 5. The van der Waals surface area contributed by atoms with Crippen molar-refractivity contribution in [2.45, 2.75) is 46.2 Å². The van der Waals surface area contributed by atoms with Crippen molar-refractivity contribution in [3.63, 3.8) is 0 Å². The molecule has 0 radical (unpaired) electrons. The quantitative estimate of drug-likeness (QED) is 0.570. The van der Waals surface area contributed by atoms with E-state index in [0.29, 0.717) is 32.7 Å². The second-order valence-corrected chi connectivity index (χ2v) is 10.3. The van der Waals surface area contributed by atoms with Crippen LogP contribution in [-0.2, 0) is 9.53 Å². The molecule has 1 N–H and O–H groups in total. The molecule has 4 rings (SSSR count). The highest BCUT2D eigenvalue weighted by Crippen LogP contribution is 2.33. The Kier molecular flexibility index (Phi) is 9.12. The van der Waals surface area contributed by atoms with Crippen LogP contribution < -0.4 is 5.32 Å². The Hall–Kier alpha value is -3.30. The van der Waals surface area contributed by atoms with Gasteiger partial charge in [-0.25, -0.2) is 14.2 Å². The normalized spacial score (nSPS) is 18.0. The van der Waals surface area contributed by atoms with Crippen molar-refractivity contribution >= 4 is 17.6 Å². The fraction of sp³-hybridized carbons (Fsp3) is 0.483. The van der Waals surface area contributed by atoms with Crippen LogP contribution in [0.1, 0.15) is 48.6 Å². The molecule has 1 fully saturated rings. The number of urea groups is 1. The first-order chi connectivity index (χ1) is 18.2. The smallest absolute Gasteiger partial charge is 0.318 e. The fourth-order valence-electron chi connectivity index (χ4n) is 4.69. The van der Waals surface area contributed by atoms with Crippen molar-refractivity contribution in [3.05, 3.63) is 70.5 Å². The van der Waals surface area contributed by atoms with Gasteiger partial charge in [0.05, 0.1) is 25.0 Å². The van der Waals surface area contributed by atoms with E-state index in [1.807, 2.05) is 32.9 Å². The van der Waals surface area contributed by atoms with Gasteiger partial charge in [0, 0.05) is 38.6 Å². The fourth-order valence-corrected chi connectivity index (χ4v) is 4.69. The van der Waals surface area contributed by atoms with Gasteiger partial charge < -0.3 is 15.0 Å². The van der Waals surface area contributed by atoms with E-state index in [9.17, 15) is 14.0 Å². The Labute approximate surface area is 224 Å². The van der Waals surface area contributed by atoms with Crippen molar-refractivity contribution in [2.24, 2.45) is 5.10 Å². The van der Waals surface area contributed by atoms with Gasteiger partial charge in [-0.05, 0) is 68.1 Å². The van der Waals surface area contributed by atoms with Crippen molar-refractivity contribution in [1.29, 1.82) is 0 Å². The largest absolute Gasteiger partial charge is 0.379 e. The van der Waals surface area contributed by atoms with Crippen LogP contribution in [0.2, 0.25) is 0 Å². The van der Waals surface area contributed by atoms with E-state index in [1.165, 1.54) is 22.7 Å². The first-order valence-electron chi connectivity index (χ1n) is 13.3. The number of hydrazone groups is 1. The molecule has 2 aromatic carbocycles. The lowest BCUT2D eigenvalue weighted by molar-refractivity contribution is -0.133. The molecule has 0 bridgehead atoms. The predicted molar refractivity (Wildman–Crippen MR) is 146 cm³/mol. The van der Waals surface area contributed by atoms with Gasteiger partial charge in [0.1, 0.15) is 12.4 Å². The van der Waals surface area contributed by atoms with Gasteiger partial charge in [-0.15, -0.1) is 0 Å². The average Bonchev–Trinajstić information content (AvgIpc) is 3.34. The summed E-state index contributed by atoms with van der Waals surface area (Å²) >= 11 is 0. The summed E-state index contributed by atoms with van der Waals surface area (Å²) in [6, 6.07) is 11.6. The number of carbonyl (C=O) groups excluding carboxylic acids is 2. The second-order valence-electron chi connectivity index (χ2n) is 10.3. The summed E-state index contributed by atoms with van der Waals surface area (Å²) in [7, 11) is 0. The summed E-state index contributed by atoms with van der Waals surface area (Å²) in [5, 5.41) is 9.15. The van der Waals surface area contributed by atoms with E-state index >= 15 is 0 Å². The Morgan fingerprint density at radius 1 is 1.11 bits per heavy atom. The molecule has 2 aliphatic heterocycles. The van der Waals surface area contributed by atoms with Gasteiger partial charge in [0.2, 0.25) is 0 Å². The highest BCUT2D eigenvalue weighted by Gasteiger charge is 2.34. The zero-order chi connectivity index (χ0) is 27.2. The van der Waals surface area contributed by atoms with Gasteiger partial charge in [0.15, 0.2) is 0 Å². The first-order valence-corrected chi connectivity index (χ1v) is 13.3. The SMILES string of the molecule is Cc1ccc(C2=NN(C(=O)CN(CCN3CCOCC3)C(=O)NC(C)C)[C@H](c3ccc(F)cc3)C2)cc1C. The molecule has 2 heterocycles. The molecule has 0 saturated carbocycles. The first kappa shape index (κ1) is 27.7. The predicted octanol–water partition coefficient (Wildman–Crippen LogP) is 3.87. The molecule has 1 atom stereocenters. The summed E-state index contributed by atoms with van der Waals surface area (Å²) in [5.41, 5.74) is 4.88. The highest BCUT2D eigenvalue weighted by molar-refractivity contribution is 6.03. The highest BCUT2D eigenvalue weighted by atomic mass is 19.1. The minimum absolute atomic E-state index is 0.0587. The number of halogens is 1. The summed E-state index contributed by atoms with van der Waals surface area (Å²) in [6.07, 6.45) is 0.506. The lowest BCUT2D eigenvalue weighted by atomic mass is 9.96. The zero-order valence-corrected chi connectivity index (χ0v) is 22.7. The molecule has 0 aromatic heterocycles. The van der Waals surface area contributed by atoms with Gasteiger partial charge in [-0.1, -0.05) is 24.3 Å². The third kappa shape index (κ3) is 6.96. The molecule has 9 heteroatoms. The minimum atomic E-state index is -0.381. The number of carbonyl (C=O) groups is 2. The molecule has 0 spiro atoms. The molecular formula is C29H38FN5O3. The standard InChI is InChI=1S/C29H38FN5O3/c1-20(2)31-29(37)34(12-11-33-13-15-38-16-14-33)19-28(36)35-27(23-7-9-25(30)10-8-23)18-26(32-35)24-6-5-21(3)22(4)17-24/h5-10,17,20,27H,11-16,18-19H2,1-4H3,(H,31,37)/t27-/m0/s1. The van der Waals surface area contributed by atoms with E-state index in [1.54, 1.807) is 17.0 Å². The van der Waals surface area contributed by atoms with Crippen molar-refractivity contribution < 1.29 is 18.7 Å². The number of amides is 3. The summed E-state index contributed by atoms with van der Waals surface area (Å²) in [6.45, 7) is 11.8. The molecule has 2 aromatic rings. The molecule has 2 aliphatic rings. The van der Waals surface area contributed by atoms with Crippen molar-refractivity contribution in [1.82, 2.24) is 20.1 Å². The monoisotopic (exact) mass is 523 g/mol. The summed E-state index contributed by atoms with van der Waals surface area (Å²) < 4.78 is 19.1. The molecule has 3 amide bonds. The third-order valence-electron chi connectivity index (χ3n) is 7.08. The van der Waals surface area contributed by atoms with Gasteiger partial charge >= 0.3 is 6.03 Å². The Balaban J connectivity index is 1.57. The number of rotatable bonds is 8. The van der Waals surface area contributed by atoms with E-state index < -0.39 is 0 Å². The maximum absolute atomic E-state index is 13.7. The molecular weight excluding hydrogens is 485 g/mol. The van der Waals surface area contributed by atoms with Gasteiger partial charge in [0.25, 0.3) is 5.91 Å². The lowest BCUT2D eigenvalue weighted by Gasteiger charge is -2.31. The van der Waals surface area contributed by atoms with Crippen molar-refractivity contribution in [2.75, 3.05) is 45.9 Å². The summed E-state index contributed by atoms with van der Waals surface area (Å²) in [5.74, 6) is -0.612. The Bertz CT molecular complexity index is 1160. The van der Waals surface area contributed by atoms with Crippen LogP contribution in [0.4, 0.5) is 9.18 Å². The third-order valence-corrected chi connectivity index (χ3v) is 7.08. The molecule has 0 unspecified atom stereocenters.